The third-order valence-electron chi connectivity index (χ3n) is 4.17. The van der Waals surface area contributed by atoms with E-state index in [9.17, 15) is 36.0 Å². The lowest BCUT2D eigenvalue weighted by Gasteiger charge is -2.14. The molecule has 0 saturated heterocycles. The number of aromatic nitrogens is 1. The van der Waals surface area contributed by atoms with Crippen LogP contribution in [0.2, 0.25) is 0 Å². The molecule has 6 nitrogen and oxygen atoms in total. The third kappa shape index (κ3) is 3.56. The molecule has 0 spiro atoms. The summed E-state index contributed by atoms with van der Waals surface area (Å²) in [5.74, 6) is -1.41. The van der Waals surface area contributed by atoms with Crippen molar-refractivity contribution in [1.29, 1.82) is 0 Å². The van der Waals surface area contributed by atoms with E-state index in [1.54, 1.807) is 0 Å². The summed E-state index contributed by atoms with van der Waals surface area (Å²) in [4.78, 5) is 15.5. The van der Waals surface area contributed by atoms with E-state index in [2.05, 4.69) is 4.98 Å². The summed E-state index contributed by atoms with van der Waals surface area (Å²) >= 11 is 0. The van der Waals surface area contributed by atoms with Crippen molar-refractivity contribution in [3.63, 3.8) is 0 Å². The van der Waals surface area contributed by atoms with Crippen LogP contribution in [0.4, 0.5) is 13.2 Å². The van der Waals surface area contributed by atoms with Gasteiger partial charge in [-0.3, -0.25) is 4.55 Å². The predicted octanol–water partition coefficient (Wildman–Crippen LogP) is 4.17. The van der Waals surface area contributed by atoms with Gasteiger partial charge in [0.15, 0.2) is 0 Å². The predicted molar refractivity (Wildman–Crippen MR) is 93.7 cm³/mol. The van der Waals surface area contributed by atoms with Crippen LogP contribution in [-0.2, 0) is 16.3 Å². The highest BCUT2D eigenvalue weighted by molar-refractivity contribution is 7.85. The number of hydrogen-bond acceptors (Lipinski definition) is 4. The van der Waals surface area contributed by atoms with E-state index in [0.29, 0.717) is 0 Å². The summed E-state index contributed by atoms with van der Waals surface area (Å²) in [6.07, 6.45) is -4.58. The van der Waals surface area contributed by atoms with Gasteiger partial charge in [0.25, 0.3) is 10.1 Å². The van der Waals surface area contributed by atoms with E-state index >= 15 is 0 Å². The molecule has 0 aliphatic heterocycles. The molecule has 10 heteroatoms. The Bertz CT molecular complexity index is 1220. The minimum absolute atomic E-state index is 0.0237. The second-order valence-corrected chi connectivity index (χ2v) is 7.42. The minimum atomic E-state index is -4.58. The normalized spacial score (nSPS) is 12.3. The molecular weight excluding hydrogens is 399 g/mol. The van der Waals surface area contributed by atoms with Gasteiger partial charge in [0.1, 0.15) is 0 Å². The lowest BCUT2D eigenvalue weighted by Crippen LogP contribution is -2.07. The number of aromatic carboxylic acids is 1. The highest BCUT2D eigenvalue weighted by Gasteiger charge is 2.31. The zero-order valence-corrected chi connectivity index (χ0v) is 15.0. The second kappa shape index (κ2) is 6.57. The van der Waals surface area contributed by atoms with Crippen molar-refractivity contribution in [1.82, 2.24) is 4.98 Å². The average molecular weight is 411 g/mol. The van der Waals surface area contributed by atoms with Crippen LogP contribution in [0.5, 0.6) is 0 Å². The van der Waals surface area contributed by atoms with Crippen molar-refractivity contribution in [2.45, 2.75) is 18.0 Å². The van der Waals surface area contributed by atoms with E-state index < -0.39 is 32.7 Å². The van der Waals surface area contributed by atoms with Gasteiger partial charge in [-0.25, -0.2) is 9.78 Å². The molecule has 3 aromatic rings. The minimum Gasteiger partial charge on any atom is -0.478 e. The Hall–Kier alpha value is -2.98. The fraction of sp³-hybridized carbons (Fsp3) is 0.111. The second-order valence-electron chi connectivity index (χ2n) is 6.00. The van der Waals surface area contributed by atoms with E-state index in [-0.39, 0.29) is 33.3 Å². The topological polar surface area (TPSA) is 105 Å². The van der Waals surface area contributed by atoms with Crippen molar-refractivity contribution < 1.29 is 36.0 Å². The van der Waals surface area contributed by atoms with Crippen molar-refractivity contribution in [3.05, 3.63) is 59.2 Å². The Morgan fingerprint density at radius 2 is 1.79 bits per heavy atom. The van der Waals surface area contributed by atoms with Crippen molar-refractivity contribution in [3.8, 4) is 11.3 Å². The molecular formula is C18H12F3NO5S. The maximum atomic E-state index is 13.0. The van der Waals surface area contributed by atoms with Crippen LogP contribution >= 0.6 is 0 Å². The van der Waals surface area contributed by atoms with Gasteiger partial charge in [-0.15, -0.1) is 0 Å². The van der Waals surface area contributed by atoms with Gasteiger partial charge in [0.05, 0.1) is 27.2 Å². The summed E-state index contributed by atoms with van der Waals surface area (Å²) in [7, 11) is -4.58. The smallest absolute Gasteiger partial charge is 0.416 e. The molecule has 0 bridgehead atoms. The number of carboxylic acid groups (broad SMARTS) is 1. The van der Waals surface area contributed by atoms with Crippen molar-refractivity contribution in [2.24, 2.45) is 0 Å². The molecule has 0 atom stereocenters. The summed E-state index contributed by atoms with van der Waals surface area (Å²) in [5.41, 5.74) is -1.02. The first kappa shape index (κ1) is 19.8. The SMILES string of the molecule is Cc1c(-c2cccc(C(F)(F)F)c2)nc2ccc(S(=O)(=O)O)cc2c1C(=O)O. The third-order valence-corrected chi connectivity index (χ3v) is 5.02. The first-order chi connectivity index (χ1) is 12.9. The molecule has 28 heavy (non-hydrogen) atoms. The molecule has 3 rings (SSSR count). The van der Waals surface area contributed by atoms with Crippen LogP contribution in [-0.4, -0.2) is 29.0 Å². The number of pyridine rings is 1. The number of hydrogen-bond donors (Lipinski definition) is 2. The molecule has 146 valence electrons. The Morgan fingerprint density at radius 3 is 2.36 bits per heavy atom. The maximum Gasteiger partial charge on any atom is 0.416 e. The number of alkyl halides is 3. The van der Waals surface area contributed by atoms with Crippen LogP contribution in [0.25, 0.3) is 22.2 Å². The van der Waals surface area contributed by atoms with Crippen LogP contribution < -0.4 is 0 Å². The zero-order valence-electron chi connectivity index (χ0n) is 14.1. The van der Waals surface area contributed by atoms with Gasteiger partial charge in [-0.1, -0.05) is 12.1 Å². The molecule has 0 aliphatic rings. The van der Waals surface area contributed by atoms with Crippen LogP contribution in [0.1, 0.15) is 21.5 Å². The highest BCUT2D eigenvalue weighted by Crippen LogP contribution is 2.35. The lowest BCUT2D eigenvalue weighted by molar-refractivity contribution is -0.137. The number of benzene rings is 2. The van der Waals surface area contributed by atoms with Gasteiger partial charge in [0, 0.05) is 10.9 Å². The van der Waals surface area contributed by atoms with Gasteiger partial charge in [-0.2, -0.15) is 21.6 Å². The largest absolute Gasteiger partial charge is 0.478 e. The van der Waals surface area contributed by atoms with Gasteiger partial charge in [0.2, 0.25) is 0 Å². The molecule has 0 radical (unpaired) electrons. The number of halogens is 3. The van der Waals surface area contributed by atoms with E-state index in [0.717, 1.165) is 24.3 Å². The van der Waals surface area contributed by atoms with Crippen LogP contribution in [0.15, 0.2) is 47.4 Å². The molecule has 0 amide bonds. The summed E-state index contributed by atoms with van der Waals surface area (Å²) in [6, 6.07) is 7.47. The number of rotatable bonds is 3. The molecule has 0 saturated carbocycles. The van der Waals surface area contributed by atoms with E-state index in [1.165, 1.54) is 25.1 Å². The van der Waals surface area contributed by atoms with E-state index in [1.807, 2.05) is 0 Å². The fourth-order valence-electron chi connectivity index (χ4n) is 2.90. The van der Waals surface area contributed by atoms with Crippen molar-refractivity contribution >= 4 is 27.0 Å². The quantitative estimate of drug-likeness (QED) is 0.627. The maximum absolute atomic E-state index is 13.0. The van der Waals surface area contributed by atoms with Gasteiger partial charge >= 0.3 is 12.1 Å². The molecule has 1 heterocycles. The number of carboxylic acids is 1. The Kier molecular flexibility index (Phi) is 4.64. The Labute approximate surface area is 157 Å². The molecule has 2 N–H and O–H groups in total. The molecule has 1 aromatic heterocycles. The van der Waals surface area contributed by atoms with Gasteiger partial charge in [-0.05, 0) is 42.8 Å². The number of fused-ring (bicyclic) bond motifs is 1. The van der Waals surface area contributed by atoms with Crippen molar-refractivity contribution in [2.75, 3.05) is 0 Å². The number of nitrogens with zero attached hydrogens (tertiary/aromatic N) is 1. The summed E-state index contributed by atoms with van der Waals surface area (Å²) in [5, 5.41) is 9.53. The standard InChI is InChI=1S/C18H12F3NO5S/c1-9-15(17(23)24)13-8-12(28(25,26)27)5-6-14(13)22-16(9)10-3-2-4-11(7-10)18(19,20)21/h2-8H,1H3,(H,23,24)(H,25,26,27). The molecule has 0 aliphatic carbocycles. The van der Waals surface area contributed by atoms with E-state index in [4.69, 9.17) is 0 Å². The first-order valence-electron chi connectivity index (χ1n) is 7.72. The highest BCUT2D eigenvalue weighted by atomic mass is 32.2. The summed E-state index contributed by atoms with van der Waals surface area (Å²) < 4.78 is 70.9. The average Bonchev–Trinajstić information content (AvgIpc) is 2.59. The number of carbonyl (C=O) groups is 1. The Morgan fingerprint density at radius 1 is 1.11 bits per heavy atom. The monoisotopic (exact) mass is 411 g/mol. The van der Waals surface area contributed by atoms with Crippen LogP contribution in [0, 0.1) is 6.92 Å². The zero-order chi connectivity index (χ0) is 20.9. The molecule has 0 unspecified atom stereocenters. The van der Waals surface area contributed by atoms with Crippen LogP contribution in [0.3, 0.4) is 0 Å². The molecule has 2 aromatic carbocycles. The molecule has 0 fully saturated rings. The lowest BCUT2D eigenvalue weighted by atomic mass is 9.97. The van der Waals surface area contributed by atoms with Gasteiger partial charge < -0.3 is 5.11 Å². The Balaban J connectivity index is 2.35. The first-order valence-corrected chi connectivity index (χ1v) is 9.16. The fourth-order valence-corrected chi connectivity index (χ4v) is 3.40. The summed E-state index contributed by atoms with van der Waals surface area (Å²) in [6.45, 7) is 1.37.